The number of rotatable bonds is 6. The molecule has 5 heteroatoms. The Morgan fingerprint density at radius 2 is 1.97 bits per heavy atom. The molecule has 2 aromatic carbocycles. The normalized spacial score (nSPS) is 19.6. The molecule has 5 nitrogen and oxygen atoms in total. The average molecular weight is 413 g/mol. The van der Waals surface area contributed by atoms with Crippen LogP contribution >= 0.6 is 0 Å². The smallest absolute Gasteiger partial charge is 0.0684 e. The molecule has 1 aromatic heterocycles. The van der Waals surface area contributed by atoms with Gasteiger partial charge in [0.2, 0.25) is 0 Å². The van der Waals surface area contributed by atoms with Crippen LogP contribution in [0.25, 0.3) is 17.0 Å². The molecule has 31 heavy (non-hydrogen) atoms. The zero-order valence-electron chi connectivity index (χ0n) is 17.6. The van der Waals surface area contributed by atoms with Gasteiger partial charge in [0.1, 0.15) is 0 Å². The number of allylic oxidation sites excluding steroid dienone is 3. The van der Waals surface area contributed by atoms with Gasteiger partial charge in [0.25, 0.3) is 0 Å². The summed E-state index contributed by atoms with van der Waals surface area (Å²) in [5.41, 5.74) is 4.77. The van der Waals surface area contributed by atoms with Crippen LogP contribution in [0.1, 0.15) is 12.0 Å². The van der Waals surface area contributed by atoms with E-state index in [-0.39, 0.29) is 6.10 Å². The number of hydrogen-bond donors (Lipinski definition) is 1. The molecule has 5 rings (SSSR count). The highest BCUT2D eigenvalue weighted by atomic mass is 16.3. The highest BCUT2D eigenvalue weighted by Gasteiger charge is 2.19. The van der Waals surface area contributed by atoms with Crippen molar-refractivity contribution >= 4 is 22.7 Å². The summed E-state index contributed by atoms with van der Waals surface area (Å²) in [5.74, 6) is 0. The summed E-state index contributed by atoms with van der Waals surface area (Å²) in [4.78, 5) is 4.56. The Labute approximate surface area is 183 Å². The molecule has 2 aliphatic rings. The van der Waals surface area contributed by atoms with Crippen molar-refractivity contribution in [3.05, 3.63) is 90.3 Å². The molecule has 1 saturated heterocycles. The first-order chi connectivity index (χ1) is 15.2. The standard InChI is InChI=1S/C26H28N4O/c31-25-12-13-28(20-25)16-17-30-26-9-8-24(18-23(26)19-27-30)29-14-10-22(11-15-29)7-6-21-4-2-1-3-5-21/h1-11,14,18-19,25,31H,12-13,15-17,20H2/t25-/m0/s1. The van der Waals surface area contributed by atoms with Crippen LogP contribution in [-0.4, -0.2) is 52.1 Å². The van der Waals surface area contributed by atoms with Crippen molar-refractivity contribution < 1.29 is 5.11 Å². The quantitative estimate of drug-likeness (QED) is 0.663. The summed E-state index contributed by atoms with van der Waals surface area (Å²) in [7, 11) is 0. The molecular formula is C26H28N4O. The Bertz CT molecular complexity index is 1130. The third-order valence-electron chi connectivity index (χ3n) is 6.07. The topological polar surface area (TPSA) is 44.5 Å². The first-order valence-electron chi connectivity index (χ1n) is 11.0. The van der Waals surface area contributed by atoms with Gasteiger partial charge in [-0.15, -0.1) is 0 Å². The molecule has 0 bridgehead atoms. The fourth-order valence-corrected chi connectivity index (χ4v) is 4.26. The molecule has 158 valence electrons. The van der Waals surface area contributed by atoms with Gasteiger partial charge in [-0.3, -0.25) is 9.58 Å². The summed E-state index contributed by atoms with van der Waals surface area (Å²) in [6.07, 6.45) is 13.5. The summed E-state index contributed by atoms with van der Waals surface area (Å²) in [6.45, 7) is 4.37. The average Bonchev–Trinajstić information content (AvgIpc) is 3.42. The Morgan fingerprint density at radius 3 is 2.74 bits per heavy atom. The van der Waals surface area contributed by atoms with Gasteiger partial charge in [0.05, 0.1) is 24.4 Å². The van der Waals surface area contributed by atoms with Gasteiger partial charge in [-0.25, -0.2) is 0 Å². The molecule has 1 fully saturated rings. The van der Waals surface area contributed by atoms with Crippen molar-refractivity contribution in [2.75, 3.05) is 31.1 Å². The molecule has 1 N–H and O–H groups in total. The minimum atomic E-state index is -0.169. The lowest BCUT2D eigenvalue weighted by molar-refractivity contribution is 0.175. The van der Waals surface area contributed by atoms with Crippen LogP contribution in [0.3, 0.4) is 0 Å². The van der Waals surface area contributed by atoms with Crippen molar-refractivity contribution in [2.45, 2.75) is 19.1 Å². The largest absolute Gasteiger partial charge is 0.392 e. The molecule has 0 aliphatic carbocycles. The summed E-state index contributed by atoms with van der Waals surface area (Å²) < 4.78 is 2.07. The van der Waals surface area contributed by atoms with E-state index in [2.05, 4.69) is 92.5 Å². The molecule has 0 spiro atoms. The number of aliphatic hydroxyl groups is 1. The Morgan fingerprint density at radius 1 is 1.06 bits per heavy atom. The molecule has 0 unspecified atom stereocenters. The minimum absolute atomic E-state index is 0.169. The zero-order valence-corrected chi connectivity index (χ0v) is 17.6. The van der Waals surface area contributed by atoms with Crippen LogP contribution in [0.2, 0.25) is 0 Å². The van der Waals surface area contributed by atoms with Gasteiger partial charge in [0, 0.05) is 43.5 Å². The predicted octanol–water partition coefficient (Wildman–Crippen LogP) is 4.08. The van der Waals surface area contributed by atoms with Gasteiger partial charge < -0.3 is 10.0 Å². The monoisotopic (exact) mass is 412 g/mol. The maximum Gasteiger partial charge on any atom is 0.0684 e. The van der Waals surface area contributed by atoms with Crippen molar-refractivity contribution in [1.82, 2.24) is 14.7 Å². The number of benzene rings is 2. The highest BCUT2D eigenvalue weighted by Crippen LogP contribution is 2.25. The van der Waals surface area contributed by atoms with Crippen molar-refractivity contribution in [1.29, 1.82) is 0 Å². The van der Waals surface area contributed by atoms with E-state index in [0.717, 1.165) is 50.0 Å². The first kappa shape index (κ1) is 19.8. The van der Waals surface area contributed by atoms with E-state index in [1.165, 1.54) is 16.8 Å². The van der Waals surface area contributed by atoms with E-state index in [1.807, 2.05) is 12.3 Å². The van der Waals surface area contributed by atoms with Crippen LogP contribution in [-0.2, 0) is 6.54 Å². The van der Waals surface area contributed by atoms with Crippen LogP contribution in [0.15, 0.2) is 84.7 Å². The van der Waals surface area contributed by atoms with E-state index < -0.39 is 0 Å². The molecule has 2 aliphatic heterocycles. The fraction of sp³-hybridized carbons (Fsp3) is 0.269. The summed E-state index contributed by atoms with van der Waals surface area (Å²) in [5, 5.41) is 15.5. The van der Waals surface area contributed by atoms with Crippen molar-refractivity contribution in [3.8, 4) is 0 Å². The lowest BCUT2D eigenvalue weighted by atomic mass is 10.1. The number of nitrogens with zero attached hydrogens (tertiary/aromatic N) is 4. The molecule has 0 saturated carbocycles. The third kappa shape index (κ3) is 4.63. The number of hydrogen-bond acceptors (Lipinski definition) is 4. The predicted molar refractivity (Wildman–Crippen MR) is 127 cm³/mol. The molecule has 1 atom stereocenters. The van der Waals surface area contributed by atoms with E-state index in [1.54, 1.807) is 0 Å². The van der Waals surface area contributed by atoms with E-state index in [4.69, 9.17) is 0 Å². The van der Waals surface area contributed by atoms with E-state index >= 15 is 0 Å². The van der Waals surface area contributed by atoms with Crippen LogP contribution < -0.4 is 4.90 Å². The molecule has 3 heterocycles. The summed E-state index contributed by atoms with van der Waals surface area (Å²) in [6, 6.07) is 16.9. The van der Waals surface area contributed by atoms with Gasteiger partial charge in [-0.2, -0.15) is 5.10 Å². The molecule has 3 aromatic rings. The lowest BCUT2D eigenvalue weighted by Crippen LogP contribution is -2.26. The number of aromatic nitrogens is 2. The van der Waals surface area contributed by atoms with Crippen LogP contribution in [0, 0.1) is 0 Å². The fourth-order valence-electron chi connectivity index (χ4n) is 4.26. The maximum atomic E-state index is 9.70. The van der Waals surface area contributed by atoms with E-state index in [9.17, 15) is 5.11 Å². The molecule has 0 amide bonds. The minimum Gasteiger partial charge on any atom is -0.392 e. The van der Waals surface area contributed by atoms with Crippen LogP contribution in [0.4, 0.5) is 5.69 Å². The number of fused-ring (bicyclic) bond motifs is 1. The van der Waals surface area contributed by atoms with E-state index in [0.29, 0.717) is 0 Å². The van der Waals surface area contributed by atoms with Crippen LogP contribution in [0.5, 0.6) is 0 Å². The Hall–Kier alpha value is -3.15. The molecule has 0 radical (unpaired) electrons. The summed E-state index contributed by atoms with van der Waals surface area (Å²) >= 11 is 0. The van der Waals surface area contributed by atoms with Gasteiger partial charge in [-0.05, 0) is 41.8 Å². The van der Waals surface area contributed by atoms with Crippen molar-refractivity contribution in [3.63, 3.8) is 0 Å². The van der Waals surface area contributed by atoms with Gasteiger partial charge in [0.15, 0.2) is 0 Å². The number of aliphatic hydroxyl groups excluding tert-OH is 1. The highest BCUT2D eigenvalue weighted by molar-refractivity contribution is 5.83. The number of likely N-dealkylation sites (tertiary alicyclic amines) is 1. The van der Waals surface area contributed by atoms with Crippen molar-refractivity contribution in [2.24, 2.45) is 0 Å². The maximum absolute atomic E-state index is 9.70. The zero-order chi connectivity index (χ0) is 21.0. The lowest BCUT2D eigenvalue weighted by Gasteiger charge is -2.22. The number of anilines is 1. The molecular weight excluding hydrogens is 384 g/mol. The Kier molecular flexibility index (Phi) is 5.69. The first-order valence-corrected chi connectivity index (χ1v) is 11.0. The third-order valence-corrected chi connectivity index (χ3v) is 6.07. The second-order valence-electron chi connectivity index (χ2n) is 8.27. The van der Waals surface area contributed by atoms with Gasteiger partial charge >= 0.3 is 0 Å². The number of β-amino-alcohol motifs (C(OH)–C–C–N with tert-alkyl or cyclic N) is 1. The van der Waals surface area contributed by atoms with Gasteiger partial charge in [-0.1, -0.05) is 48.6 Å². The second kappa shape index (κ2) is 8.92. The Balaban J connectivity index is 1.23. The SMILES string of the molecule is O[C@H]1CCN(CCn2ncc3cc(N4C=CC(C=Cc5ccccc5)=CC4)ccc32)C1. The second-order valence-corrected chi connectivity index (χ2v) is 8.27.